The van der Waals surface area contributed by atoms with E-state index in [9.17, 15) is 9.59 Å². The minimum Gasteiger partial charge on any atom is -0.497 e. The summed E-state index contributed by atoms with van der Waals surface area (Å²) in [4.78, 5) is 27.0. The minimum atomic E-state index is -0.197. The molecule has 27 heavy (non-hydrogen) atoms. The lowest BCUT2D eigenvalue weighted by Gasteiger charge is -2.24. The number of nitrogens with zero attached hydrogens (tertiary/aromatic N) is 1. The van der Waals surface area contributed by atoms with E-state index >= 15 is 0 Å². The molecule has 0 atom stereocenters. The lowest BCUT2D eigenvalue weighted by atomic mass is 9.98. The van der Waals surface area contributed by atoms with Gasteiger partial charge < -0.3 is 15.4 Å². The molecule has 144 valence electrons. The first-order chi connectivity index (χ1) is 13.2. The third-order valence-electron chi connectivity index (χ3n) is 4.70. The van der Waals surface area contributed by atoms with Gasteiger partial charge in [0.15, 0.2) is 0 Å². The summed E-state index contributed by atoms with van der Waals surface area (Å²) in [5, 5.41) is 8.97. The van der Waals surface area contributed by atoms with Crippen molar-refractivity contribution in [1.82, 2.24) is 10.6 Å². The summed E-state index contributed by atoms with van der Waals surface area (Å²) in [5.74, 6) is 0.859. The molecule has 0 saturated carbocycles. The van der Waals surface area contributed by atoms with Crippen molar-refractivity contribution in [3.8, 4) is 5.75 Å². The number of nitrogens with one attached hydrogen (secondary N) is 2. The lowest BCUT2D eigenvalue weighted by molar-refractivity contribution is -0.119. The van der Waals surface area contributed by atoms with Crippen LogP contribution in [0.3, 0.4) is 0 Å². The molecule has 0 bridgehead atoms. The van der Waals surface area contributed by atoms with Crippen molar-refractivity contribution in [3.63, 3.8) is 0 Å². The van der Waals surface area contributed by atoms with Gasteiger partial charge in [-0.1, -0.05) is 0 Å². The molecule has 1 aromatic carbocycles. The summed E-state index contributed by atoms with van der Waals surface area (Å²) in [5.41, 5.74) is 0.523. The highest BCUT2D eigenvalue weighted by Crippen LogP contribution is 2.24. The first-order valence-electron chi connectivity index (χ1n) is 9.14. The SMILES string of the molecule is COc1ccc(C(=O)N(CC(=O)NCC2CCNCC2)c2cccs2)cc1. The predicted molar refractivity (Wildman–Crippen MR) is 108 cm³/mol. The fourth-order valence-electron chi connectivity index (χ4n) is 3.11. The molecule has 1 fully saturated rings. The standard InChI is InChI=1S/C20H25N3O3S/c1-26-17-6-4-16(5-7-17)20(25)23(19-3-2-12-27-19)14-18(24)22-13-15-8-10-21-11-9-15/h2-7,12,15,21H,8-11,13-14H2,1H3,(H,22,24). The number of carbonyl (C=O) groups is 2. The van der Waals surface area contributed by atoms with E-state index in [-0.39, 0.29) is 18.4 Å². The molecule has 0 aliphatic carbocycles. The maximum atomic E-state index is 13.0. The van der Waals surface area contributed by atoms with Crippen molar-refractivity contribution in [3.05, 3.63) is 47.3 Å². The number of piperidine rings is 1. The fourth-order valence-corrected chi connectivity index (χ4v) is 3.83. The summed E-state index contributed by atoms with van der Waals surface area (Å²) in [6, 6.07) is 10.7. The van der Waals surface area contributed by atoms with Crippen molar-refractivity contribution in [2.24, 2.45) is 5.92 Å². The third kappa shape index (κ3) is 5.30. The Hall–Kier alpha value is -2.38. The minimum absolute atomic E-state index is 0.0103. The smallest absolute Gasteiger partial charge is 0.259 e. The Morgan fingerprint density at radius 1 is 1.22 bits per heavy atom. The van der Waals surface area contributed by atoms with E-state index in [1.54, 1.807) is 31.4 Å². The second-order valence-electron chi connectivity index (χ2n) is 6.57. The van der Waals surface area contributed by atoms with Crippen molar-refractivity contribution >= 4 is 28.2 Å². The van der Waals surface area contributed by atoms with Gasteiger partial charge in [0.2, 0.25) is 5.91 Å². The van der Waals surface area contributed by atoms with Crippen LogP contribution in [0.25, 0.3) is 0 Å². The summed E-state index contributed by atoms with van der Waals surface area (Å²) < 4.78 is 5.14. The van der Waals surface area contributed by atoms with Crippen molar-refractivity contribution in [2.75, 3.05) is 38.2 Å². The zero-order chi connectivity index (χ0) is 19.1. The monoisotopic (exact) mass is 387 g/mol. The van der Waals surface area contributed by atoms with E-state index in [2.05, 4.69) is 10.6 Å². The second kappa shape index (κ2) is 9.53. The molecular formula is C20H25N3O3S. The first-order valence-corrected chi connectivity index (χ1v) is 10.0. The van der Waals surface area contributed by atoms with Crippen LogP contribution >= 0.6 is 11.3 Å². The van der Waals surface area contributed by atoms with Crippen LogP contribution in [0, 0.1) is 5.92 Å². The van der Waals surface area contributed by atoms with Crippen LogP contribution in [0.4, 0.5) is 5.00 Å². The summed E-state index contributed by atoms with van der Waals surface area (Å²) in [7, 11) is 1.58. The zero-order valence-electron chi connectivity index (χ0n) is 15.4. The first kappa shape index (κ1) is 19.4. The van der Waals surface area contributed by atoms with E-state index in [0.717, 1.165) is 30.9 Å². The Kier molecular flexibility index (Phi) is 6.84. The van der Waals surface area contributed by atoms with Gasteiger partial charge >= 0.3 is 0 Å². The van der Waals surface area contributed by atoms with Gasteiger partial charge in [-0.3, -0.25) is 14.5 Å². The Morgan fingerprint density at radius 2 is 1.96 bits per heavy atom. The van der Waals surface area contributed by atoms with Crippen LogP contribution < -0.4 is 20.3 Å². The highest BCUT2D eigenvalue weighted by Gasteiger charge is 2.22. The summed E-state index contributed by atoms with van der Waals surface area (Å²) in [6.07, 6.45) is 2.14. The topological polar surface area (TPSA) is 70.7 Å². The van der Waals surface area contributed by atoms with Crippen LogP contribution in [0.5, 0.6) is 5.75 Å². The number of methoxy groups -OCH3 is 1. The molecule has 3 rings (SSSR count). The maximum absolute atomic E-state index is 13.0. The number of hydrogen-bond donors (Lipinski definition) is 2. The molecule has 0 spiro atoms. The van der Waals surface area contributed by atoms with Crippen molar-refractivity contribution < 1.29 is 14.3 Å². The van der Waals surface area contributed by atoms with Crippen LogP contribution in [0.1, 0.15) is 23.2 Å². The fraction of sp³-hybridized carbons (Fsp3) is 0.400. The normalized spacial score (nSPS) is 14.6. The van der Waals surface area contributed by atoms with Crippen LogP contribution in [0.2, 0.25) is 0 Å². The van der Waals surface area contributed by atoms with Crippen LogP contribution in [-0.2, 0) is 4.79 Å². The van der Waals surface area contributed by atoms with Gasteiger partial charge in [-0.2, -0.15) is 0 Å². The van der Waals surface area contributed by atoms with E-state index in [1.165, 1.54) is 16.2 Å². The van der Waals surface area contributed by atoms with Gasteiger partial charge in [-0.05, 0) is 73.6 Å². The second-order valence-corrected chi connectivity index (χ2v) is 7.49. The highest BCUT2D eigenvalue weighted by molar-refractivity contribution is 7.14. The van der Waals surface area contributed by atoms with Gasteiger partial charge in [-0.15, -0.1) is 11.3 Å². The number of anilines is 1. The largest absolute Gasteiger partial charge is 0.497 e. The van der Waals surface area contributed by atoms with Gasteiger partial charge in [0.1, 0.15) is 12.3 Å². The van der Waals surface area contributed by atoms with Crippen molar-refractivity contribution in [1.29, 1.82) is 0 Å². The molecule has 2 aromatic rings. The van der Waals surface area contributed by atoms with Gasteiger partial charge in [0, 0.05) is 12.1 Å². The Labute approximate surface area is 163 Å². The molecule has 2 N–H and O–H groups in total. The molecule has 0 radical (unpaired) electrons. The molecule has 1 aromatic heterocycles. The van der Waals surface area contributed by atoms with Crippen LogP contribution in [0.15, 0.2) is 41.8 Å². The number of rotatable bonds is 7. The molecule has 1 aliphatic rings. The van der Waals surface area contributed by atoms with Gasteiger partial charge in [0.25, 0.3) is 5.91 Å². The average Bonchev–Trinajstić information content (AvgIpc) is 3.25. The molecule has 0 unspecified atom stereocenters. The van der Waals surface area contributed by atoms with Gasteiger partial charge in [-0.25, -0.2) is 0 Å². The van der Waals surface area contributed by atoms with E-state index in [1.807, 2.05) is 17.5 Å². The number of amides is 2. The number of carbonyl (C=O) groups excluding carboxylic acids is 2. The number of thiophene rings is 1. The molecule has 7 heteroatoms. The average molecular weight is 388 g/mol. The molecule has 1 saturated heterocycles. The van der Waals surface area contributed by atoms with E-state index < -0.39 is 0 Å². The van der Waals surface area contributed by atoms with E-state index in [4.69, 9.17) is 4.74 Å². The summed E-state index contributed by atoms with van der Waals surface area (Å²) in [6.45, 7) is 2.67. The Morgan fingerprint density at radius 3 is 2.59 bits per heavy atom. The number of ether oxygens (including phenoxy) is 1. The molecule has 2 amide bonds. The number of hydrogen-bond acceptors (Lipinski definition) is 5. The molecular weight excluding hydrogens is 362 g/mol. The molecule has 1 aliphatic heterocycles. The maximum Gasteiger partial charge on any atom is 0.259 e. The summed E-state index contributed by atoms with van der Waals surface area (Å²) >= 11 is 1.44. The molecule has 2 heterocycles. The van der Waals surface area contributed by atoms with Crippen molar-refractivity contribution in [2.45, 2.75) is 12.8 Å². The van der Waals surface area contributed by atoms with Gasteiger partial charge in [0.05, 0.1) is 12.1 Å². The number of benzene rings is 1. The Balaban J connectivity index is 1.65. The highest BCUT2D eigenvalue weighted by atomic mass is 32.1. The Bertz CT molecular complexity index is 740. The third-order valence-corrected chi connectivity index (χ3v) is 5.59. The zero-order valence-corrected chi connectivity index (χ0v) is 16.3. The molecule has 6 nitrogen and oxygen atoms in total. The quantitative estimate of drug-likeness (QED) is 0.766. The van der Waals surface area contributed by atoms with E-state index in [0.29, 0.717) is 23.8 Å². The van der Waals surface area contributed by atoms with Crippen LogP contribution in [-0.4, -0.2) is 45.1 Å². The predicted octanol–water partition coefficient (Wildman–Crippen LogP) is 2.52. The lowest BCUT2D eigenvalue weighted by Crippen LogP contribution is -2.43.